The standard InChI is InChI=1S/C16H25N5OS/c1-11-14(12(2)21(3)20-11)6-8-18-15(22)9-13-10-23-16(19-13)5-4-7-17/h10H,4-9,17H2,1-3H3,(H,18,22). The van der Waals surface area contributed by atoms with Crippen LogP contribution in [0.3, 0.4) is 0 Å². The maximum atomic E-state index is 12.0. The van der Waals surface area contributed by atoms with Gasteiger partial charge < -0.3 is 11.1 Å². The molecule has 0 saturated heterocycles. The fourth-order valence-electron chi connectivity index (χ4n) is 2.53. The van der Waals surface area contributed by atoms with Crippen molar-refractivity contribution in [3.05, 3.63) is 33.0 Å². The number of nitrogens with one attached hydrogen (secondary N) is 1. The van der Waals surface area contributed by atoms with E-state index >= 15 is 0 Å². The molecule has 0 aliphatic carbocycles. The fourth-order valence-corrected chi connectivity index (χ4v) is 3.37. The zero-order chi connectivity index (χ0) is 16.8. The maximum absolute atomic E-state index is 12.0. The third-order valence-electron chi connectivity index (χ3n) is 3.89. The van der Waals surface area contributed by atoms with Crippen molar-refractivity contribution in [1.29, 1.82) is 0 Å². The summed E-state index contributed by atoms with van der Waals surface area (Å²) in [6, 6.07) is 0. The first-order valence-corrected chi connectivity index (χ1v) is 8.78. The average Bonchev–Trinajstić information content (AvgIpc) is 3.04. The molecule has 0 radical (unpaired) electrons. The van der Waals surface area contributed by atoms with Crippen molar-refractivity contribution in [2.24, 2.45) is 12.8 Å². The van der Waals surface area contributed by atoms with E-state index in [-0.39, 0.29) is 5.91 Å². The molecule has 0 aliphatic heterocycles. The predicted octanol–water partition coefficient (Wildman–Crippen LogP) is 1.29. The highest BCUT2D eigenvalue weighted by molar-refractivity contribution is 7.09. The molecule has 0 unspecified atom stereocenters. The van der Waals surface area contributed by atoms with E-state index in [1.807, 2.05) is 24.0 Å². The summed E-state index contributed by atoms with van der Waals surface area (Å²) < 4.78 is 1.88. The van der Waals surface area contributed by atoms with E-state index in [0.717, 1.165) is 41.4 Å². The van der Waals surface area contributed by atoms with Gasteiger partial charge in [0.05, 0.1) is 22.8 Å². The predicted molar refractivity (Wildman–Crippen MR) is 92.6 cm³/mol. The Morgan fingerprint density at radius 2 is 2.17 bits per heavy atom. The number of nitrogens with zero attached hydrogens (tertiary/aromatic N) is 3. The highest BCUT2D eigenvalue weighted by Crippen LogP contribution is 2.13. The topological polar surface area (TPSA) is 85.8 Å². The molecule has 126 valence electrons. The second-order valence-corrected chi connectivity index (χ2v) is 6.62. The molecular formula is C16H25N5OS. The van der Waals surface area contributed by atoms with Crippen molar-refractivity contribution in [1.82, 2.24) is 20.1 Å². The molecule has 1 amide bonds. The largest absolute Gasteiger partial charge is 0.355 e. The van der Waals surface area contributed by atoms with Gasteiger partial charge in [-0.2, -0.15) is 5.10 Å². The van der Waals surface area contributed by atoms with E-state index in [1.165, 1.54) is 5.56 Å². The lowest BCUT2D eigenvalue weighted by molar-refractivity contribution is -0.120. The van der Waals surface area contributed by atoms with E-state index < -0.39 is 0 Å². The summed E-state index contributed by atoms with van der Waals surface area (Å²) in [4.78, 5) is 16.5. The summed E-state index contributed by atoms with van der Waals surface area (Å²) in [5, 5.41) is 10.4. The van der Waals surface area contributed by atoms with Crippen LogP contribution < -0.4 is 11.1 Å². The summed E-state index contributed by atoms with van der Waals surface area (Å²) in [7, 11) is 1.94. The van der Waals surface area contributed by atoms with E-state index in [1.54, 1.807) is 11.3 Å². The van der Waals surface area contributed by atoms with Gasteiger partial charge in [0.2, 0.25) is 5.91 Å². The van der Waals surface area contributed by atoms with Gasteiger partial charge in [-0.1, -0.05) is 0 Å². The van der Waals surface area contributed by atoms with Crippen LogP contribution in [0.15, 0.2) is 5.38 Å². The van der Waals surface area contributed by atoms with Crippen LogP contribution in [0.1, 0.15) is 34.1 Å². The molecule has 23 heavy (non-hydrogen) atoms. The summed E-state index contributed by atoms with van der Waals surface area (Å²) in [6.07, 6.45) is 2.96. The van der Waals surface area contributed by atoms with Crippen molar-refractivity contribution in [2.75, 3.05) is 13.1 Å². The van der Waals surface area contributed by atoms with Crippen LogP contribution in [0, 0.1) is 13.8 Å². The van der Waals surface area contributed by atoms with E-state index in [2.05, 4.69) is 22.3 Å². The second kappa shape index (κ2) is 8.21. The van der Waals surface area contributed by atoms with Gasteiger partial charge in [0.25, 0.3) is 0 Å². The molecule has 3 N–H and O–H groups in total. The SMILES string of the molecule is Cc1nn(C)c(C)c1CCNC(=O)Cc1csc(CCCN)n1. The Labute approximate surface area is 141 Å². The molecule has 0 aromatic carbocycles. The number of hydrogen-bond acceptors (Lipinski definition) is 5. The molecule has 0 atom stereocenters. The fraction of sp³-hybridized carbons (Fsp3) is 0.562. The van der Waals surface area contributed by atoms with Crippen molar-refractivity contribution in [3.8, 4) is 0 Å². The highest BCUT2D eigenvalue weighted by atomic mass is 32.1. The van der Waals surface area contributed by atoms with E-state index in [9.17, 15) is 4.79 Å². The lowest BCUT2D eigenvalue weighted by Gasteiger charge is -2.05. The molecule has 2 rings (SSSR count). The molecule has 0 spiro atoms. The Hall–Kier alpha value is -1.73. The molecule has 0 aliphatic rings. The highest BCUT2D eigenvalue weighted by Gasteiger charge is 2.11. The number of hydrogen-bond donors (Lipinski definition) is 2. The minimum atomic E-state index is 0.0138. The van der Waals surface area contributed by atoms with Crippen LogP contribution in [0.5, 0.6) is 0 Å². The first-order chi connectivity index (χ1) is 11.0. The van der Waals surface area contributed by atoms with Gasteiger partial charge in [-0.3, -0.25) is 9.48 Å². The number of thiazole rings is 1. The number of carbonyl (C=O) groups is 1. The van der Waals surface area contributed by atoms with Gasteiger partial charge in [-0.25, -0.2) is 4.98 Å². The molecule has 2 heterocycles. The Morgan fingerprint density at radius 1 is 1.39 bits per heavy atom. The number of nitrogens with two attached hydrogens (primary N) is 1. The van der Waals surface area contributed by atoms with Gasteiger partial charge in [-0.15, -0.1) is 11.3 Å². The first kappa shape index (κ1) is 17.6. The lowest BCUT2D eigenvalue weighted by atomic mass is 10.1. The Bertz CT molecular complexity index is 661. The Balaban J connectivity index is 1.78. The van der Waals surface area contributed by atoms with Gasteiger partial charge in [0.1, 0.15) is 0 Å². The molecule has 2 aromatic rings. The Morgan fingerprint density at radius 3 is 2.83 bits per heavy atom. The zero-order valence-corrected chi connectivity index (χ0v) is 14.9. The maximum Gasteiger partial charge on any atom is 0.226 e. The number of aryl methyl sites for hydroxylation is 3. The van der Waals surface area contributed by atoms with Gasteiger partial charge >= 0.3 is 0 Å². The van der Waals surface area contributed by atoms with Crippen LogP contribution in [0.2, 0.25) is 0 Å². The summed E-state index contributed by atoms with van der Waals surface area (Å²) in [5.74, 6) is 0.0138. The number of aromatic nitrogens is 3. The number of amides is 1. The van der Waals surface area contributed by atoms with E-state index in [0.29, 0.717) is 19.5 Å². The number of rotatable bonds is 8. The van der Waals surface area contributed by atoms with Crippen molar-refractivity contribution < 1.29 is 4.79 Å². The lowest BCUT2D eigenvalue weighted by Crippen LogP contribution is -2.27. The van der Waals surface area contributed by atoms with E-state index in [4.69, 9.17) is 5.73 Å². The first-order valence-electron chi connectivity index (χ1n) is 7.90. The van der Waals surface area contributed by atoms with Crippen LogP contribution in [0.4, 0.5) is 0 Å². The molecular weight excluding hydrogens is 310 g/mol. The van der Waals surface area contributed by atoms with Crippen molar-refractivity contribution in [2.45, 2.75) is 39.5 Å². The zero-order valence-electron chi connectivity index (χ0n) is 14.1. The van der Waals surface area contributed by atoms with Crippen LogP contribution in [-0.2, 0) is 31.1 Å². The molecule has 7 heteroatoms. The molecule has 0 fully saturated rings. The average molecular weight is 335 g/mol. The van der Waals surface area contributed by atoms with Gasteiger partial charge in [0, 0.05) is 31.1 Å². The summed E-state index contributed by atoms with van der Waals surface area (Å²) in [6.45, 7) is 5.34. The van der Waals surface area contributed by atoms with Gasteiger partial charge in [0.15, 0.2) is 0 Å². The summed E-state index contributed by atoms with van der Waals surface area (Å²) >= 11 is 1.60. The second-order valence-electron chi connectivity index (χ2n) is 5.67. The van der Waals surface area contributed by atoms with Gasteiger partial charge in [-0.05, 0) is 38.8 Å². The van der Waals surface area contributed by atoms with Crippen molar-refractivity contribution >= 4 is 17.2 Å². The third kappa shape index (κ3) is 4.87. The number of carbonyl (C=O) groups excluding carboxylic acids is 1. The van der Waals surface area contributed by atoms with Crippen molar-refractivity contribution in [3.63, 3.8) is 0 Å². The smallest absolute Gasteiger partial charge is 0.226 e. The molecule has 2 aromatic heterocycles. The third-order valence-corrected chi connectivity index (χ3v) is 4.85. The monoisotopic (exact) mass is 335 g/mol. The molecule has 0 bridgehead atoms. The van der Waals surface area contributed by atoms with Crippen LogP contribution >= 0.6 is 11.3 Å². The van der Waals surface area contributed by atoms with Crippen LogP contribution in [-0.4, -0.2) is 33.8 Å². The molecule has 0 saturated carbocycles. The Kier molecular flexibility index (Phi) is 6.29. The van der Waals surface area contributed by atoms with Crippen LogP contribution in [0.25, 0.3) is 0 Å². The minimum Gasteiger partial charge on any atom is -0.355 e. The quantitative estimate of drug-likeness (QED) is 0.761. The summed E-state index contributed by atoms with van der Waals surface area (Å²) in [5.41, 5.74) is 9.73. The molecule has 6 nitrogen and oxygen atoms in total. The minimum absolute atomic E-state index is 0.0138. The normalized spacial score (nSPS) is 11.0.